The van der Waals surface area contributed by atoms with Gasteiger partial charge in [0.1, 0.15) is 17.1 Å². The van der Waals surface area contributed by atoms with Crippen molar-refractivity contribution in [2.45, 2.75) is 110 Å². The van der Waals surface area contributed by atoms with E-state index in [2.05, 4.69) is 154 Å². The summed E-state index contributed by atoms with van der Waals surface area (Å²) in [6.07, 6.45) is 3.62. The molecular weight excluding hydrogens is 573 g/mol. The van der Waals surface area contributed by atoms with Gasteiger partial charge >= 0.3 is 8.32 Å². The van der Waals surface area contributed by atoms with Crippen LogP contribution in [-0.4, -0.2) is 28.3 Å². The lowest BCUT2D eigenvalue weighted by molar-refractivity contribution is 0.154. The van der Waals surface area contributed by atoms with Gasteiger partial charge in [-0.3, -0.25) is 0 Å². The van der Waals surface area contributed by atoms with Gasteiger partial charge in [0.2, 0.25) is 0 Å². The van der Waals surface area contributed by atoms with E-state index in [9.17, 15) is 0 Å². The van der Waals surface area contributed by atoms with Crippen LogP contribution in [-0.2, 0) is 4.43 Å². The molecule has 0 saturated heterocycles. The highest BCUT2D eigenvalue weighted by Crippen LogP contribution is 2.44. The van der Waals surface area contributed by atoms with E-state index in [-0.39, 0.29) is 22.1 Å². The standard InChI is InChI=1S/C39H56O3Si2/c1-15-34(41-43(13,14)37(5,6)7)30(4)33-28-35(29(3)27-36(33)40-39(11,12)16-2)42-44(38(8,9)10,31-23-19-17-20-24-31)32-25-21-18-22-26-32/h15-28,30,34H,1-2H2,3-14H3/t30-,34+/m0/s1. The largest absolute Gasteiger partial charge is 0.534 e. The Morgan fingerprint density at radius 3 is 1.64 bits per heavy atom. The molecule has 0 bridgehead atoms. The quantitative estimate of drug-likeness (QED) is 0.148. The lowest BCUT2D eigenvalue weighted by Gasteiger charge is -2.43. The smallest absolute Gasteiger partial charge is 0.319 e. The summed E-state index contributed by atoms with van der Waals surface area (Å²) in [5.74, 6) is 1.67. The molecule has 3 aromatic carbocycles. The molecule has 5 heteroatoms. The molecular formula is C39H56O3Si2. The van der Waals surface area contributed by atoms with Crippen molar-refractivity contribution >= 4 is 27.0 Å². The zero-order valence-electron chi connectivity index (χ0n) is 29.4. The van der Waals surface area contributed by atoms with Gasteiger partial charge in [0, 0.05) is 11.5 Å². The van der Waals surface area contributed by atoms with Crippen LogP contribution in [0.15, 0.2) is 98.1 Å². The minimum absolute atomic E-state index is 0.0284. The molecule has 0 heterocycles. The first-order valence-corrected chi connectivity index (χ1v) is 20.7. The van der Waals surface area contributed by atoms with E-state index in [1.54, 1.807) is 0 Å². The maximum absolute atomic E-state index is 7.55. The average molecular weight is 629 g/mol. The first kappa shape index (κ1) is 35.6. The Balaban J connectivity index is 2.29. The highest BCUT2D eigenvalue weighted by molar-refractivity contribution is 7.00. The number of hydrogen-bond donors (Lipinski definition) is 0. The van der Waals surface area contributed by atoms with Crippen molar-refractivity contribution < 1.29 is 13.6 Å². The molecule has 0 N–H and O–H groups in total. The van der Waals surface area contributed by atoms with Crippen molar-refractivity contribution in [1.29, 1.82) is 0 Å². The van der Waals surface area contributed by atoms with Gasteiger partial charge in [-0.1, -0.05) is 122 Å². The third-order valence-corrected chi connectivity index (χ3v) is 18.7. The van der Waals surface area contributed by atoms with Gasteiger partial charge in [0.25, 0.3) is 0 Å². The molecule has 0 aliphatic carbocycles. The molecule has 0 unspecified atom stereocenters. The van der Waals surface area contributed by atoms with Crippen molar-refractivity contribution in [3.05, 3.63) is 109 Å². The van der Waals surface area contributed by atoms with Crippen molar-refractivity contribution in [2.75, 3.05) is 0 Å². The highest BCUT2D eigenvalue weighted by Gasteiger charge is 2.52. The normalized spacial score (nSPS) is 14.5. The Labute approximate surface area is 270 Å². The Morgan fingerprint density at radius 1 is 0.727 bits per heavy atom. The van der Waals surface area contributed by atoms with E-state index in [1.165, 1.54) is 10.4 Å². The fraction of sp³-hybridized carbons (Fsp3) is 0.436. The van der Waals surface area contributed by atoms with Crippen molar-refractivity contribution in [3.63, 3.8) is 0 Å². The number of rotatable bonds is 12. The monoisotopic (exact) mass is 628 g/mol. The van der Waals surface area contributed by atoms with E-state index >= 15 is 0 Å². The summed E-state index contributed by atoms with van der Waals surface area (Å²) < 4.78 is 21.2. The summed E-state index contributed by atoms with van der Waals surface area (Å²) in [4.78, 5) is 0. The SMILES string of the molecule is C=C[C@@H](O[Si](C)(C)C(C)(C)C)[C@@H](C)c1cc(O[Si](c2ccccc2)(c2ccccc2)C(C)(C)C)c(C)cc1OC(C)(C)C=C. The van der Waals surface area contributed by atoms with Gasteiger partial charge < -0.3 is 13.6 Å². The molecule has 3 nitrogen and oxygen atoms in total. The van der Waals surface area contributed by atoms with E-state index in [0.29, 0.717) is 0 Å². The predicted molar refractivity (Wildman–Crippen MR) is 195 cm³/mol. The maximum atomic E-state index is 7.55. The van der Waals surface area contributed by atoms with Gasteiger partial charge in [-0.2, -0.15) is 0 Å². The fourth-order valence-electron chi connectivity index (χ4n) is 5.42. The summed E-state index contributed by atoms with van der Waals surface area (Å²) in [5, 5.41) is 2.39. The Bertz CT molecular complexity index is 1370. The topological polar surface area (TPSA) is 27.7 Å². The van der Waals surface area contributed by atoms with E-state index < -0.39 is 22.2 Å². The summed E-state index contributed by atoms with van der Waals surface area (Å²) >= 11 is 0. The summed E-state index contributed by atoms with van der Waals surface area (Å²) in [5.41, 5.74) is 1.52. The summed E-state index contributed by atoms with van der Waals surface area (Å²) in [7, 11) is -4.93. The summed E-state index contributed by atoms with van der Waals surface area (Å²) in [6.45, 7) is 35.0. The first-order chi connectivity index (χ1) is 20.3. The second-order valence-corrected chi connectivity index (χ2v) is 24.2. The van der Waals surface area contributed by atoms with Gasteiger partial charge in [-0.25, -0.2) is 0 Å². The lowest BCUT2D eigenvalue weighted by atomic mass is 9.93. The average Bonchev–Trinajstić information content (AvgIpc) is 2.94. The van der Waals surface area contributed by atoms with Crippen LogP contribution in [0.4, 0.5) is 0 Å². The van der Waals surface area contributed by atoms with E-state index in [1.807, 2.05) is 26.0 Å². The van der Waals surface area contributed by atoms with E-state index in [4.69, 9.17) is 13.6 Å². The van der Waals surface area contributed by atoms with Crippen molar-refractivity contribution in [1.82, 2.24) is 0 Å². The molecule has 0 aliphatic heterocycles. The molecule has 238 valence electrons. The molecule has 44 heavy (non-hydrogen) atoms. The van der Waals surface area contributed by atoms with Crippen LogP contribution in [0.3, 0.4) is 0 Å². The van der Waals surface area contributed by atoms with Crippen LogP contribution < -0.4 is 19.5 Å². The number of aryl methyl sites for hydroxylation is 1. The number of benzene rings is 3. The maximum Gasteiger partial charge on any atom is 0.319 e. The molecule has 0 aromatic heterocycles. The number of ether oxygens (including phenoxy) is 1. The molecule has 0 aliphatic rings. The third kappa shape index (κ3) is 7.50. The Hall–Kier alpha value is -2.87. The van der Waals surface area contributed by atoms with Crippen LogP contribution in [0.1, 0.15) is 79.4 Å². The molecule has 0 radical (unpaired) electrons. The van der Waals surface area contributed by atoms with Gasteiger partial charge in [-0.15, -0.1) is 6.58 Å². The van der Waals surface area contributed by atoms with Gasteiger partial charge in [0.15, 0.2) is 8.32 Å². The lowest BCUT2D eigenvalue weighted by Crippen LogP contribution is -2.68. The Kier molecular flexibility index (Phi) is 10.7. The zero-order chi connectivity index (χ0) is 33.1. The first-order valence-electron chi connectivity index (χ1n) is 15.9. The zero-order valence-corrected chi connectivity index (χ0v) is 31.4. The summed E-state index contributed by atoms with van der Waals surface area (Å²) in [6, 6.07) is 25.9. The Morgan fingerprint density at radius 2 is 1.23 bits per heavy atom. The minimum Gasteiger partial charge on any atom is -0.534 e. The molecule has 0 fully saturated rings. The predicted octanol–water partition coefficient (Wildman–Crippen LogP) is 9.96. The molecule has 0 amide bonds. The second kappa shape index (κ2) is 13.2. The van der Waals surface area contributed by atoms with Crippen molar-refractivity contribution in [2.24, 2.45) is 0 Å². The molecule has 0 spiro atoms. The van der Waals surface area contributed by atoms with Gasteiger partial charge in [-0.05, 0) is 78.1 Å². The second-order valence-electron chi connectivity index (χ2n) is 15.2. The molecule has 0 saturated carbocycles. The van der Waals surface area contributed by atoms with Gasteiger partial charge in [0.05, 0.1) is 6.10 Å². The van der Waals surface area contributed by atoms with Crippen LogP contribution in [0.5, 0.6) is 11.5 Å². The van der Waals surface area contributed by atoms with Crippen LogP contribution in [0.25, 0.3) is 0 Å². The minimum atomic E-state index is -2.85. The molecule has 3 rings (SSSR count). The van der Waals surface area contributed by atoms with Crippen LogP contribution in [0, 0.1) is 6.92 Å². The van der Waals surface area contributed by atoms with E-state index in [0.717, 1.165) is 22.6 Å². The van der Waals surface area contributed by atoms with Crippen LogP contribution >= 0.6 is 0 Å². The third-order valence-electron chi connectivity index (χ3n) is 9.30. The van der Waals surface area contributed by atoms with Crippen molar-refractivity contribution in [3.8, 4) is 11.5 Å². The molecule has 2 atom stereocenters. The number of hydrogen-bond acceptors (Lipinski definition) is 3. The molecule has 3 aromatic rings. The highest BCUT2D eigenvalue weighted by atomic mass is 28.4. The fourth-order valence-corrected chi connectivity index (χ4v) is 11.2. The van der Waals surface area contributed by atoms with Crippen LogP contribution in [0.2, 0.25) is 23.2 Å².